The highest BCUT2D eigenvalue weighted by Crippen LogP contribution is 2.22. The van der Waals surface area contributed by atoms with Gasteiger partial charge < -0.3 is 9.47 Å². The molecule has 0 radical (unpaired) electrons. The maximum absolute atomic E-state index is 12.2. The molecule has 3 rings (SSSR count). The first kappa shape index (κ1) is 22.0. The standard InChI is InChI=1S/C24H19BrN2O4/c25-20-12-13-22(31-24(29)14-11-18-7-3-1-4-8-18)19(15-20)16-26-27-23(28)17-30-21-9-5-2-6-10-21/h1-16H,17H2,(H,27,28)/b14-11+,26-16+. The van der Waals surface area contributed by atoms with Gasteiger partial charge in [0.1, 0.15) is 11.5 Å². The minimum absolute atomic E-state index is 0.175. The van der Waals surface area contributed by atoms with Crippen LogP contribution in [0.4, 0.5) is 0 Å². The molecule has 0 heterocycles. The van der Waals surface area contributed by atoms with Crippen molar-refractivity contribution >= 4 is 40.1 Å². The highest BCUT2D eigenvalue weighted by atomic mass is 79.9. The van der Waals surface area contributed by atoms with Crippen LogP contribution in [0.25, 0.3) is 6.08 Å². The fraction of sp³-hybridized carbons (Fsp3) is 0.0417. The summed E-state index contributed by atoms with van der Waals surface area (Å²) in [6.07, 6.45) is 4.41. The smallest absolute Gasteiger partial charge is 0.336 e. The Morgan fingerprint density at radius 1 is 0.968 bits per heavy atom. The van der Waals surface area contributed by atoms with Gasteiger partial charge in [0.2, 0.25) is 0 Å². The summed E-state index contributed by atoms with van der Waals surface area (Å²) in [4.78, 5) is 24.1. The molecular formula is C24H19BrN2O4. The Hall–Kier alpha value is -3.71. The average molecular weight is 479 g/mol. The topological polar surface area (TPSA) is 77.0 Å². The number of rotatable bonds is 8. The lowest BCUT2D eigenvalue weighted by molar-refractivity contribution is -0.129. The van der Waals surface area contributed by atoms with Crippen molar-refractivity contribution < 1.29 is 19.1 Å². The third-order valence-electron chi connectivity index (χ3n) is 3.90. The Morgan fingerprint density at radius 3 is 2.42 bits per heavy atom. The van der Waals surface area contributed by atoms with Crippen molar-refractivity contribution in [3.05, 3.63) is 101 Å². The molecule has 0 unspecified atom stereocenters. The van der Waals surface area contributed by atoms with Gasteiger partial charge in [-0.05, 0) is 42.0 Å². The van der Waals surface area contributed by atoms with Crippen LogP contribution in [-0.2, 0) is 9.59 Å². The number of hydrazone groups is 1. The fourth-order valence-electron chi connectivity index (χ4n) is 2.46. The molecule has 7 heteroatoms. The van der Waals surface area contributed by atoms with E-state index >= 15 is 0 Å². The number of ether oxygens (including phenoxy) is 2. The summed E-state index contributed by atoms with van der Waals surface area (Å²) in [5.74, 6) is -0.0450. The van der Waals surface area contributed by atoms with E-state index in [9.17, 15) is 9.59 Å². The number of para-hydroxylation sites is 1. The van der Waals surface area contributed by atoms with Crippen molar-refractivity contribution in [2.75, 3.05) is 6.61 Å². The number of nitrogens with zero attached hydrogens (tertiary/aromatic N) is 1. The highest BCUT2D eigenvalue weighted by Gasteiger charge is 2.07. The van der Waals surface area contributed by atoms with Crippen molar-refractivity contribution in [2.24, 2.45) is 5.10 Å². The molecule has 0 aliphatic carbocycles. The normalized spacial score (nSPS) is 10.9. The van der Waals surface area contributed by atoms with Crippen LogP contribution < -0.4 is 14.9 Å². The molecule has 0 aromatic heterocycles. The Bertz CT molecular complexity index is 1080. The Morgan fingerprint density at radius 2 is 1.68 bits per heavy atom. The van der Waals surface area contributed by atoms with Gasteiger partial charge in [-0.15, -0.1) is 0 Å². The van der Waals surface area contributed by atoms with Gasteiger partial charge in [0.15, 0.2) is 6.61 Å². The molecule has 156 valence electrons. The molecule has 0 saturated carbocycles. The van der Waals surface area contributed by atoms with Crippen LogP contribution in [-0.4, -0.2) is 24.7 Å². The van der Waals surface area contributed by atoms with E-state index in [-0.39, 0.29) is 6.61 Å². The lowest BCUT2D eigenvalue weighted by Gasteiger charge is -2.07. The first-order chi connectivity index (χ1) is 15.1. The van der Waals surface area contributed by atoms with E-state index in [0.29, 0.717) is 17.1 Å². The second kappa shape index (κ2) is 11.5. The zero-order valence-electron chi connectivity index (χ0n) is 16.4. The first-order valence-electron chi connectivity index (χ1n) is 9.34. The van der Waals surface area contributed by atoms with Crippen LogP contribution in [0.2, 0.25) is 0 Å². The first-order valence-corrected chi connectivity index (χ1v) is 10.1. The SMILES string of the molecule is O=C(COc1ccccc1)N/N=C/c1cc(Br)ccc1OC(=O)/C=C/c1ccccc1. The van der Waals surface area contributed by atoms with Crippen LogP contribution in [0.3, 0.4) is 0 Å². The monoisotopic (exact) mass is 478 g/mol. The Balaban J connectivity index is 1.58. The summed E-state index contributed by atoms with van der Waals surface area (Å²) in [7, 11) is 0. The van der Waals surface area contributed by atoms with Gasteiger partial charge in [0, 0.05) is 16.1 Å². The average Bonchev–Trinajstić information content (AvgIpc) is 2.79. The molecule has 31 heavy (non-hydrogen) atoms. The van der Waals surface area contributed by atoms with Gasteiger partial charge in [0.25, 0.3) is 5.91 Å². The van der Waals surface area contributed by atoms with E-state index < -0.39 is 11.9 Å². The molecule has 3 aromatic carbocycles. The number of carbonyl (C=O) groups excluding carboxylic acids is 2. The van der Waals surface area contributed by atoms with Gasteiger partial charge in [-0.1, -0.05) is 64.5 Å². The quantitative estimate of drug-likeness (QED) is 0.169. The molecule has 0 atom stereocenters. The van der Waals surface area contributed by atoms with E-state index in [0.717, 1.165) is 10.0 Å². The lowest BCUT2D eigenvalue weighted by atomic mass is 10.2. The summed E-state index contributed by atoms with van der Waals surface area (Å²) in [5, 5.41) is 3.92. The Labute approximate surface area is 188 Å². The van der Waals surface area contributed by atoms with E-state index in [2.05, 4.69) is 26.5 Å². The minimum Gasteiger partial charge on any atom is -0.484 e. The van der Waals surface area contributed by atoms with Crippen LogP contribution in [0.15, 0.2) is 94.5 Å². The van der Waals surface area contributed by atoms with Crippen LogP contribution >= 0.6 is 15.9 Å². The van der Waals surface area contributed by atoms with Crippen LogP contribution in [0, 0.1) is 0 Å². The van der Waals surface area contributed by atoms with E-state index in [1.807, 2.05) is 48.5 Å². The van der Waals surface area contributed by atoms with E-state index in [4.69, 9.17) is 9.47 Å². The second-order valence-corrected chi connectivity index (χ2v) is 7.16. The molecule has 0 bridgehead atoms. The van der Waals surface area contributed by atoms with E-state index in [1.54, 1.807) is 36.4 Å². The highest BCUT2D eigenvalue weighted by molar-refractivity contribution is 9.10. The number of amides is 1. The molecule has 3 aromatic rings. The van der Waals surface area contributed by atoms with Crippen molar-refractivity contribution in [3.63, 3.8) is 0 Å². The van der Waals surface area contributed by atoms with E-state index in [1.165, 1.54) is 12.3 Å². The molecule has 0 saturated heterocycles. The number of halogens is 1. The summed E-state index contributed by atoms with van der Waals surface area (Å²) in [5.41, 5.74) is 3.78. The predicted octanol–water partition coefficient (Wildman–Crippen LogP) is 4.60. The number of benzene rings is 3. The number of esters is 1. The number of hydrogen-bond acceptors (Lipinski definition) is 5. The van der Waals surface area contributed by atoms with Gasteiger partial charge in [0.05, 0.1) is 6.21 Å². The summed E-state index contributed by atoms with van der Waals surface area (Å²) in [6.45, 7) is -0.175. The molecular weight excluding hydrogens is 460 g/mol. The predicted molar refractivity (Wildman–Crippen MR) is 123 cm³/mol. The molecule has 0 aliphatic heterocycles. The minimum atomic E-state index is -0.527. The molecule has 1 amide bonds. The number of nitrogens with one attached hydrogen (secondary N) is 1. The van der Waals surface area contributed by atoms with Gasteiger partial charge >= 0.3 is 5.97 Å². The third-order valence-corrected chi connectivity index (χ3v) is 4.39. The number of carbonyl (C=O) groups is 2. The lowest BCUT2D eigenvalue weighted by Crippen LogP contribution is -2.24. The van der Waals surface area contributed by atoms with Gasteiger partial charge in [-0.2, -0.15) is 5.10 Å². The van der Waals surface area contributed by atoms with Crippen molar-refractivity contribution in [1.29, 1.82) is 0 Å². The summed E-state index contributed by atoms with van der Waals surface area (Å²) < 4.78 is 11.5. The third kappa shape index (κ3) is 7.56. The molecule has 0 fully saturated rings. The largest absolute Gasteiger partial charge is 0.484 e. The molecule has 1 N–H and O–H groups in total. The van der Waals surface area contributed by atoms with Crippen LogP contribution in [0.5, 0.6) is 11.5 Å². The maximum atomic E-state index is 12.2. The Kier molecular flexibility index (Phi) is 8.13. The zero-order valence-corrected chi connectivity index (χ0v) is 18.0. The maximum Gasteiger partial charge on any atom is 0.336 e. The zero-order chi connectivity index (χ0) is 21.9. The van der Waals surface area contributed by atoms with Gasteiger partial charge in [-0.25, -0.2) is 10.2 Å². The van der Waals surface area contributed by atoms with Crippen molar-refractivity contribution in [2.45, 2.75) is 0 Å². The summed E-state index contributed by atoms with van der Waals surface area (Å²) in [6, 6.07) is 23.5. The van der Waals surface area contributed by atoms with Crippen molar-refractivity contribution in [1.82, 2.24) is 5.43 Å². The molecule has 0 spiro atoms. The van der Waals surface area contributed by atoms with Gasteiger partial charge in [-0.3, -0.25) is 4.79 Å². The fourth-order valence-corrected chi connectivity index (χ4v) is 2.83. The molecule has 0 aliphatic rings. The van der Waals surface area contributed by atoms with Crippen molar-refractivity contribution in [3.8, 4) is 11.5 Å². The summed E-state index contributed by atoms with van der Waals surface area (Å²) >= 11 is 3.37. The number of hydrogen-bond donors (Lipinski definition) is 1. The molecule has 6 nitrogen and oxygen atoms in total. The second-order valence-electron chi connectivity index (χ2n) is 6.24. The van der Waals surface area contributed by atoms with Crippen LogP contribution in [0.1, 0.15) is 11.1 Å².